The van der Waals surface area contributed by atoms with Crippen LogP contribution in [0.5, 0.6) is 0 Å². The molecule has 0 aliphatic carbocycles. The van der Waals surface area contributed by atoms with Gasteiger partial charge in [0.05, 0.1) is 24.7 Å². The van der Waals surface area contributed by atoms with E-state index in [2.05, 4.69) is 4.74 Å². The highest BCUT2D eigenvalue weighted by Crippen LogP contribution is 2.25. The van der Waals surface area contributed by atoms with Crippen LogP contribution < -0.4 is 5.73 Å². The second kappa shape index (κ2) is 5.81. The number of hydrogen-bond acceptors (Lipinski definition) is 6. The van der Waals surface area contributed by atoms with Gasteiger partial charge < -0.3 is 25.3 Å². The minimum atomic E-state index is -1.35. The minimum absolute atomic E-state index is 0.153. The monoisotopic (exact) mass is 247 g/mol. The lowest BCUT2D eigenvalue weighted by Gasteiger charge is -2.39. The Balaban J connectivity index is 4.44. The Morgan fingerprint density at radius 2 is 1.88 bits per heavy atom. The van der Waals surface area contributed by atoms with Crippen LogP contribution in [-0.2, 0) is 14.2 Å². The van der Waals surface area contributed by atoms with Gasteiger partial charge in [-0.3, -0.25) is 4.79 Å². The van der Waals surface area contributed by atoms with E-state index < -0.39 is 30.2 Å². The van der Waals surface area contributed by atoms with E-state index in [9.17, 15) is 14.9 Å². The lowest BCUT2D eigenvalue weighted by Crippen LogP contribution is -2.55. The summed E-state index contributed by atoms with van der Waals surface area (Å²) in [5.41, 5.74) is 3.43. The van der Waals surface area contributed by atoms with Crippen LogP contribution in [0, 0.1) is 0 Å². The number of carbonyl (C=O) groups excluding carboxylic acids is 1. The van der Waals surface area contributed by atoms with Gasteiger partial charge in [-0.15, -0.1) is 0 Å². The van der Waals surface area contributed by atoms with Crippen molar-refractivity contribution in [3.05, 3.63) is 0 Å². The molecule has 0 aromatic carbocycles. The van der Waals surface area contributed by atoms with Crippen molar-refractivity contribution in [3.8, 4) is 0 Å². The van der Waals surface area contributed by atoms with Crippen molar-refractivity contribution in [1.29, 1.82) is 0 Å². The van der Waals surface area contributed by atoms with Gasteiger partial charge in [-0.25, -0.2) is 0 Å². The molecule has 0 saturated carbocycles. The molecule has 17 heavy (non-hydrogen) atoms. The highest BCUT2D eigenvalue weighted by atomic mass is 16.6. The van der Waals surface area contributed by atoms with E-state index in [1.165, 1.54) is 7.11 Å². The number of nitrogens with two attached hydrogens (primary N) is 1. The van der Waals surface area contributed by atoms with Gasteiger partial charge in [-0.2, -0.15) is 0 Å². The van der Waals surface area contributed by atoms with Crippen molar-refractivity contribution in [2.75, 3.05) is 7.11 Å². The number of methoxy groups -OCH3 is 1. The van der Waals surface area contributed by atoms with Gasteiger partial charge in [0.2, 0.25) is 0 Å². The maximum absolute atomic E-state index is 11.0. The molecule has 0 fully saturated rings. The molecular weight excluding hydrogens is 225 g/mol. The Morgan fingerprint density at radius 3 is 2.24 bits per heavy atom. The molecule has 0 bridgehead atoms. The van der Waals surface area contributed by atoms with Gasteiger partial charge in [0.15, 0.2) is 0 Å². The first-order valence-electron chi connectivity index (χ1n) is 5.42. The predicted octanol–water partition coefficient (Wildman–Crippen LogP) is -0.537. The quantitative estimate of drug-likeness (QED) is 0.430. The van der Waals surface area contributed by atoms with Gasteiger partial charge >= 0.3 is 13.1 Å². The Kier molecular flexibility index (Phi) is 5.60. The van der Waals surface area contributed by atoms with E-state index >= 15 is 0 Å². The van der Waals surface area contributed by atoms with Crippen LogP contribution in [0.3, 0.4) is 0 Å². The van der Waals surface area contributed by atoms with Crippen molar-refractivity contribution < 1.29 is 24.3 Å². The molecule has 0 radical (unpaired) electrons. The van der Waals surface area contributed by atoms with Gasteiger partial charge in [0.1, 0.15) is 0 Å². The van der Waals surface area contributed by atoms with Crippen molar-refractivity contribution in [3.63, 3.8) is 0 Å². The van der Waals surface area contributed by atoms with Crippen LogP contribution in [0.15, 0.2) is 0 Å². The highest BCUT2D eigenvalue weighted by molar-refractivity contribution is 6.45. The Morgan fingerprint density at radius 1 is 1.41 bits per heavy atom. The summed E-state index contributed by atoms with van der Waals surface area (Å²) in [4.78, 5) is 11.0. The van der Waals surface area contributed by atoms with Crippen LogP contribution in [0.25, 0.3) is 0 Å². The first-order valence-corrected chi connectivity index (χ1v) is 5.42. The molecule has 0 heterocycles. The van der Waals surface area contributed by atoms with Gasteiger partial charge in [-0.05, 0) is 27.7 Å². The van der Waals surface area contributed by atoms with Crippen molar-refractivity contribution in [1.82, 2.24) is 0 Å². The molecule has 0 aromatic heterocycles. The third-order valence-corrected chi connectivity index (χ3v) is 2.89. The van der Waals surface area contributed by atoms with Crippen LogP contribution in [0.2, 0.25) is 0 Å². The zero-order valence-electron chi connectivity index (χ0n) is 11.1. The Bertz CT molecular complexity index is 264. The summed E-state index contributed by atoms with van der Waals surface area (Å²) in [7, 11) is -0.112. The molecule has 1 unspecified atom stereocenters. The molecule has 7 heteroatoms. The van der Waals surface area contributed by atoms with Crippen LogP contribution in [0.1, 0.15) is 34.1 Å². The number of aliphatic hydroxyl groups is 1. The Labute approximate surface area is 102 Å². The van der Waals surface area contributed by atoms with Crippen molar-refractivity contribution in [2.24, 2.45) is 5.73 Å². The average Bonchev–Trinajstić information content (AvgIpc) is 2.14. The molecule has 4 N–H and O–H groups in total. The van der Waals surface area contributed by atoms with E-state index in [-0.39, 0.29) is 6.42 Å². The molecule has 100 valence electrons. The third kappa shape index (κ3) is 5.03. The lowest BCUT2D eigenvalue weighted by atomic mass is 9.75. The number of esters is 1. The van der Waals surface area contributed by atoms with Crippen molar-refractivity contribution >= 4 is 13.1 Å². The summed E-state index contributed by atoms with van der Waals surface area (Å²) in [5, 5.41) is 19.5. The fourth-order valence-corrected chi connectivity index (χ4v) is 0.910. The molecule has 0 spiro atoms. The van der Waals surface area contributed by atoms with Gasteiger partial charge in [0, 0.05) is 5.94 Å². The fraction of sp³-hybridized carbons (Fsp3) is 0.900. The van der Waals surface area contributed by atoms with Crippen LogP contribution in [-0.4, -0.2) is 47.5 Å². The van der Waals surface area contributed by atoms with Gasteiger partial charge in [-0.1, -0.05) is 0 Å². The summed E-state index contributed by atoms with van der Waals surface area (Å²) in [6.07, 6.45) is -0.153. The van der Waals surface area contributed by atoms with E-state index in [1.54, 1.807) is 27.7 Å². The summed E-state index contributed by atoms with van der Waals surface area (Å²) in [6, 6.07) is 0. The predicted molar refractivity (Wildman–Crippen MR) is 64.0 cm³/mol. The fourth-order valence-electron chi connectivity index (χ4n) is 0.910. The lowest BCUT2D eigenvalue weighted by molar-refractivity contribution is -0.141. The largest absolute Gasteiger partial charge is 0.473 e. The first-order chi connectivity index (χ1) is 7.51. The van der Waals surface area contributed by atoms with E-state index in [1.807, 2.05) is 0 Å². The van der Waals surface area contributed by atoms with Gasteiger partial charge in [0.25, 0.3) is 0 Å². The second-order valence-corrected chi connectivity index (χ2v) is 5.02. The maximum Gasteiger partial charge on any atom is 0.473 e. The normalized spacial score (nSPS) is 14.4. The standard InChI is InChI=1S/C10H22BNO5/c1-9(2,14)10(3,4)17-11(15)7(12)6-8(13)16-5/h7,14-15H,6,12H2,1-5H3. The molecule has 1 atom stereocenters. The number of rotatable bonds is 6. The molecule has 0 saturated heterocycles. The zero-order valence-corrected chi connectivity index (χ0v) is 11.1. The summed E-state index contributed by atoms with van der Waals surface area (Å²) in [6.45, 7) is 6.37. The molecule has 0 amide bonds. The van der Waals surface area contributed by atoms with E-state index in [0.29, 0.717) is 0 Å². The van der Waals surface area contributed by atoms with E-state index in [0.717, 1.165) is 0 Å². The second-order valence-electron chi connectivity index (χ2n) is 5.02. The maximum atomic E-state index is 11.0. The average molecular weight is 247 g/mol. The van der Waals surface area contributed by atoms with E-state index in [4.69, 9.17) is 10.4 Å². The van der Waals surface area contributed by atoms with Crippen LogP contribution >= 0.6 is 0 Å². The summed E-state index contributed by atoms with van der Waals surface area (Å²) >= 11 is 0. The number of hydrogen-bond donors (Lipinski definition) is 3. The number of carbonyl (C=O) groups is 1. The summed E-state index contributed by atoms with van der Waals surface area (Å²) < 4.78 is 9.72. The SMILES string of the molecule is COC(=O)CC(N)B(O)OC(C)(C)C(C)(C)O. The highest BCUT2D eigenvalue weighted by Gasteiger charge is 2.41. The molecule has 6 nitrogen and oxygen atoms in total. The summed E-state index contributed by atoms with van der Waals surface area (Å²) in [5.74, 6) is -1.43. The third-order valence-electron chi connectivity index (χ3n) is 2.89. The molecule has 0 aromatic rings. The van der Waals surface area contributed by atoms with Crippen LogP contribution in [0.4, 0.5) is 0 Å². The minimum Gasteiger partial charge on any atom is -0.469 e. The molecule has 0 aliphatic rings. The Hall–Kier alpha value is -0.625. The topological polar surface area (TPSA) is 102 Å². The molecule has 0 rings (SSSR count). The molecule has 0 aliphatic heterocycles. The first kappa shape index (κ1) is 16.4. The van der Waals surface area contributed by atoms with Crippen molar-refractivity contribution in [2.45, 2.75) is 51.3 Å². The molecular formula is C10H22BNO5. The smallest absolute Gasteiger partial charge is 0.469 e. The number of ether oxygens (including phenoxy) is 1. The zero-order chi connectivity index (χ0) is 13.9.